The minimum Gasteiger partial charge on any atom is -0.404 e. The third-order valence-electron chi connectivity index (χ3n) is 4.25. The highest BCUT2D eigenvalue weighted by molar-refractivity contribution is 9.10. The lowest BCUT2D eigenvalue weighted by molar-refractivity contribution is -0.120. The van der Waals surface area contributed by atoms with E-state index in [0.717, 1.165) is 15.6 Å². The minimum absolute atomic E-state index is 0.000920. The maximum absolute atomic E-state index is 12.8. The lowest BCUT2D eigenvalue weighted by Crippen LogP contribution is -2.39. The number of nitrogens with one attached hydrogen (secondary N) is 1. The molecule has 8 nitrogen and oxygen atoms in total. The molecule has 1 aromatic heterocycles. The molecule has 9 heteroatoms. The average molecular weight is 448 g/mol. The first-order chi connectivity index (χ1) is 13.4. The van der Waals surface area contributed by atoms with Gasteiger partial charge in [-0.15, -0.1) is 0 Å². The van der Waals surface area contributed by atoms with Gasteiger partial charge in [0.25, 0.3) is 5.56 Å². The Labute approximate surface area is 170 Å². The lowest BCUT2D eigenvalue weighted by atomic mass is 10.0. The Morgan fingerprint density at radius 3 is 2.82 bits per heavy atom. The molecule has 2 aromatic rings. The zero-order chi connectivity index (χ0) is 20.3. The number of ether oxygens (including phenoxy) is 1. The second-order valence-corrected chi connectivity index (χ2v) is 7.72. The standard InChI is InChI=1S/C19H22BrN5O3/c1-11(2)18-15-7-12(20)3-4-14(15)19(27)25(24-18)8-17(26)23-16(5-6-21)22-13-9-28-10-13/h3-7,11,13H,8-10,21H2,1-2H3,(H,22,23,26). The number of nitrogens with two attached hydrogens (primary N) is 1. The molecule has 2 heterocycles. The minimum atomic E-state index is -0.405. The van der Waals surface area contributed by atoms with Crippen LogP contribution >= 0.6 is 15.9 Å². The maximum Gasteiger partial charge on any atom is 0.275 e. The van der Waals surface area contributed by atoms with Gasteiger partial charge in [0.2, 0.25) is 5.91 Å². The van der Waals surface area contributed by atoms with E-state index in [-0.39, 0.29) is 24.1 Å². The summed E-state index contributed by atoms with van der Waals surface area (Å²) in [4.78, 5) is 29.7. The fourth-order valence-corrected chi connectivity index (χ4v) is 3.20. The lowest BCUT2D eigenvalue weighted by Gasteiger charge is -2.22. The number of fused-ring (bicyclic) bond motifs is 1. The van der Waals surface area contributed by atoms with E-state index in [1.807, 2.05) is 19.9 Å². The van der Waals surface area contributed by atoms with Crippen LogP contribution in [0.4, 0.5) is 0 Å². The van der Waals surface area contributed by atoms with E-state index in [0.29, 0.717) is 24.4 Å². The molecule has 1 aliphatic heterocycles. The molecule has 1 saturated heterocycles. The summed E-state index contributed by atoms with van der Waals surface area (Å²) in [6.07, 6.45) is 2.80. The first-order valence-corrected chi connectivity index (χ1v) is 9.72. The van der Waals surface area contributed by atoms with E-state index in [9.17, 15) is 9.59 Å². The van der Waals surface area contributed by atoms with Crippen LogP contribution in [0.3, 0.4) is 0 Å². The normalized spacial score (nSPS) is 15.4. The molecule has 0 radical (unpaired) electrons. The Morgan fingerprint density at radius 1 is 1.46 bits per heavy atom. The number of rotatable bonds is 5. The predicted molar refractivity (Wildman–Crippen MR) is 111 cm³/mol. The summed E-state index contributed by atoms with van der Waals surface area (Å²) in [5, 5.41) is 8.43. The average Bonchev–Trinajstić information content (AvgIpc) is 2.60. The first kappa shape index (κ1) is 20.2. The summed E-state index contributed by atoms with van der Waals surface area (Å²) in [5.41, 5.74) is 5.87. The number of hydrogen-bond donors (Lipinski definition) is 2. The van der Waals surface area contributed by atoms with Gasteiger partial charge in [-0.2, -0.15) is 5.10 Å². The topological polar surface area (TPSA) is 112 Å². The van der Waals surface area contributed by atoms with Gasteiger partial charge in [0, 0.05) is 9.86 Å². The van der Waals surface area contributed by atoms with Gasteiger partial charge in [0.15, 0.2) is 0 Å². The van der Waals surface area contributed by atoms with E-state index >= 15 is 0 Å². The summed E-state index contributed by atoms with van der Waals surface area (Å²) >= 11 is 3.43. The maximum atomic E-state index is 12.8. The second-order valence-electron chi connectivity index (χ2n) is 6.81. The van der Waals surface area contributed by atoms with Crippen molar-refractivity contribution in [2.45, 2.75) is 32.4 Å². The molecule has 1 fully saturated rings. The van der Waals surface area contributed by atoms with Crippen molar-refractivity contribution in [2.75, 3.05) is 13.2 Å². The molecule has 3 rings (SSSR count). The van der Waals surface area contributed by atoms with Crippen molar-refractivity contribution in [1.29, 1.82) is 0 Å². The fraction of sp³-hybridized carbons (Fsp3) is 0.368. The largest absolute Gasteiger partial charge is 0.404 e. The molecule has 0 spiro atoms. The van der Waals surface area contributed by atoms with Crippen LogP contribution in [0.2, 0.25) is 0 Å². The van der Waals surface area contributed by atoms with Gasteiger partial charge in [-0.05, 0) is 36.4 Å². The van der Waals surface area contributed by atoms with Crippen molar-refractivity contribution in [3.8, 4) is 0 Å². The van der Waals surface area contributed by atoms with Crippen LogP contribution < -0.4 is 16.6 Å². The van der Waals surface area contributed by atoms with Gasteiger partial charge in [0.05, 0.1) is 30.3 Å². The van der Waals surface area contributed by atoms with Crippen LogP contribution in [0.25, 0.3) is 10.8 Å². The Balaban J connectivity index is 1.90. The Kier molecular flexibility index (Phi) is 6.25. The SMILES string of the molecule is CC(C)c1nn(CC(=O)NC(C=CN)=NC2COC2)c(=O)c2ccc(Br)cc12. The van der Waals surface area contributed by atoms with Crippen LogP contribution in [0.1, 0.15) is 25.5 Å². The van der Waals surface area contributed by atoms with Gasteiger partial charge in [0.1, 0.15) is 12.4 Å². The summed E-state index contributed by atoms with van der Waals surface area (Å²) in [6.45, 7) is 4.79. The van der Waals surface area contributed by atoms with Gasteiger partial charge < -0.3 is 15.8 Å². The Hall–Kier alpha value is -2.52. The van der Waals surface area contributed by atoms with Crippen molar-refractivity contribution >= 4 is 38.4 Å². The van der Waals surface area contributed by atoms with Gasteiger partial charge >= 0.3 is 0 Å². The molecule has 0 unspecified atom stereocenters. The van der Waals surface area contributed by atoms with Crippen LogP contribution in [0.5, 0.6) is 0 Å². The van der Waals surface area contributed by atoms with Crippen molar-refractivity contribution < 1.29 is 9.53 Å². The highest BCUT2D eigenvalue weighted by Gasteiger charge is 2.19. The van der Waals surface area contributed by atoms with E-state index < -0.39 is 5.91 Å². The zero-order valence-corrected chi connectivity index (χ0v) is 17.3. The number of aromatic nitrogens is 2. The predicted octanol–water partition coefficient (Wildman–Crippen LogP) is 1.67. The molecule has 28 heavy (non-hydrogen) atoms. The molecule has 0 bridgehead atoms. The molecule has 0 atom stereocenters. The molecule has 1 amide bonds. The number of amides is 1. The number of halogens is 1. The highest BCUT2D eigenvalue weighted by Crippen LogP contribution is 2.24. The third kappa shape index (κ3) is 4.48. The number of amidine groups is 1. The van der Waals surface area contributed by atoms with Crippen LogP contribution in [-0.2, 0) is 16.1 Å². The number of carbonyl (C=O) groups excluding carboxylic acids is 1. The van der Waals surface area contributed by atoms with Crippen molar-refractivity contribution in [2.24, 2.45) is 10.7 Å². The molecule has 0 saturated carbocycles. The molecular weight excluding hydrogens is 426 g/mol. The summed E-state index contributed by atoms with van der Waals surface area (Å²) in [5.74, 6) is 0.0168. The number of benzene rings is 1. The van der Waals surface area contributed by atoms with Gasteiger partial charge in [-0.25, -0.2) is 4.68 Å². The number of nitrogens with zero attached hydrogens (tertiary/aromatic N) is 3. The van der Waals surface area contributed by atoms with Crippen LogP contribution in [0.15, 0.2) is 44.7 Å². The molecule has 1 aromatic carbocycles. The van der Waals surface area contributed by atoms with E-state index in [1.54, 1.807) is 12.1 Å². The Morgan fingerprint density at radius 2 is 2.21 bits per heavy atom. The molecule has 1 aliphatic rings. The summed E-state index contributed by atoms with van der Waals surface area (Å²) in [6, 6.07) is 5.42. The molecule has 148 valence electrons. The number of carbonyl (C=O) groups is 1. The van der Waals surface area contributed by atoms with E-state index in [4.69, 9.17) is 10.5 Å². The van der Waals surface area contributed by atoms with Gasteiger partial charge in [-0.3, -0.25) is 14.6 Å². The third-order valence-corrected chi connectivity index (χ3v) is 4.75. The number of hydrogen-bond acceptors (Lipinski definition) is 6. The van der Waals surface area contributed by atoms with Crippen molar-refractivity contribution in [1.82, 2.24) is 15.1 Å². The summed E-state index contributed by atoms with van der Waals surface area (Å²) in [7, 11) is 0. The smallest absolute Gasteiger partial charge is 0.275 e. The zero-order valence-electron chi connectivity index (χ0n) is 15.7. The van der Waals surface area contributed by atoms with Crippen LogP contribution in [0, 0.1) is 0 Å². The monoisotopic (exact) mass is 447 g/mol. The molecule has 3 N–H and O–H groups in total. The highest BCUT2D eigenvalue weighted by atomic mass is 79.9. The van der Waals surface area contributed by atoms with Gasteiger partial charge in [-0.1, -0.05) is 29.8 Å². The fourth-order valence-electron chi connectivity index (χ4n) is 2.84. The molecule has 0 aliphatic carbocycles. The van der Waals surface area contributed by atoms with Crippen molar-refractivity contribution in [3.05, 3.63) is 51.0 Å². The molecular formula is C19H22BrN5O3. The van der Waals surface area contributed by atoms with E-state index in [1.165, 1.54) is 17.0 Å². The van der Waals surface area contributed by atoms with Crippen molar-refractivity contribution in [3.63, 3.8) is 0 Å². The van der Waals surface area contributed by atoms with E-state index in [2.05, 4.69) is 31.3 Å². The Bertz CT molecular complexity index is 1010. The second kappa shape index (κ2) is 8.66. The summed E-state index contributed by atoms with van der Waals surface area (Å²) < 4.78 is 7.14. The first-order valence-electron chi connectivity index (χ1n) is 8.93. The van der Waals surface area contributed by atoms with Crippen LogP contribution in [-0.4, -0.2) is 40.8 Å². The number of aliphatic imine (C=N–C) groups is 1. The quantitative estimate of drug-likeness (QED) is 0.534.